The highest BCUT2D eigenvalue weighted by Gasteiger charge is 2.66. The predicted octanol–water partition coefficient (Wildman–Crippen LogP) is 6.55. The van der Waals surface area contributed by atoms with Crippen LogP contribution in [0.25, 0.3) is 0 Å². The highest BCUT2D eigenvalue weighted by molar-refractivity contribution is 6.02. The Morgan fingerprint density at radius 2 is 1.59 bits per heavy atom. The van der Waals surface area contributed by atoms with Crippen LogP contribution in [0.5, 0.6) is 0 Å². The maximum Gasteiger partial charge on any atom is 0.309 e. The first-order valence-electron chi connectivity index (χ1n) is 12.1. The molecule has 4 nitrogen and oxygen atoms in total. The molecule has 4 rings (SSSR count). The van der Waals surface area contributed by atoms with Gasteiger partial charge in [-0.3, -0.25) is 9.59 Å². The van der Waals surface area contributed by atoms with Crippen LogP contribution in [0.4, 0.5) is 0 Å². The zero-order chi connectivity index (χ0) is 23.6. The van der Waals surface area contributed by atoms with Crippen LogP contribution in [-0.2, 0) is 9.59 Å². The molecule has 0 aromatic rings. The Kier molecular flexibility index (Phi) is 5.19. The molecule has 0 amide bonds. The number of aliphatic hydroxyl groups is 1. The Bertz CT molecular complexity index is 970. The summed E-state index contributed by atoms with van der Waals surface area (Å²) in [6.45, 7) is 11.3. The fourth-order valence-electron chi connectivity index (χ4n) is 7.68. The lowest BCUT2D eigenvalue weighted by atomic mass is 9.35. The minimum atomic E-state index is -0.662. The number of ketones is 1. The zero-order valence-electron chi connectivity index (χ0n) is 20.2. The lowest BCUT2D eigenvalue weighted by Gasteiger charge is -2.69. The third-order valence-electron chi connectivity index (χ3n) is 10.3. The topological polar surface area (TPSA) is 74.6 Å². The predicted molar refractivity (Wildman–Crippen MR) is 126 cm³/mol. The Hall–Kier alpha value is -2.10. The highest BCUT2D eigenvalue weighted by Crippen LogP contribution is 2.74. The Morgan fingerprint density at radius 3 is 2.28 bits per heavy atom. The van der Waals surface area contributed by atoms with Gasteiger partial charge in [-0.15, -0.1) is 0 Å². The average Bonchev–Trinajstić information content (AvgIpc) is 2.74. The van der Waals surface area contributed by atoms with E-state index in [1.807, 2.05) is 19.1 Å². The van der Waals surface area contributed by atoms with Gasteiger partial charge in [-0.05, 0) is 86.2 Å². The Morgan fingerprint density at radius 1 is 0.938 bits per heavy atom. The van der Waals surface area contributed by atoms with Crippen molar-refractivity contribution < 1.29 is 19.8 Å². The third kappa shape index (κ3) is 3.16. The minimum Gasteiger partial charge on any atom is -0.504 e. The van der Waals surface area contributed by atoms with E-state index >= 15 is 0 Å². The van der Waals surface area contributed by atoms with Gasteiger partial charge in [0.1, 0.15) is 0 Å². The summed E-state index contributed by atoms with van der Waals surface area (Å²) in [5.74, 6) is -0.933. The number of carboxylic acid groups (broad SMARTS) is 1. The molecule has 6 atom stereocenters. The number of carbonyl (C=O) groups is 2. The molecule has 0 heterocycles. The number of rotatable bonds is 1. The Balaban J connectivity index is 1.84. The fraction of sp³-hybridized carbons (Fsp3) is 0.643. The number of aliphatic carboxylic acids is 1. The van der Waals surface area contributed by atoms with E-state index in [9.17, 15) is 19.8 Å². The summed E-state index contributed by atoms with van der Waals surface area (Å²) in [4.78, 5) is 24.5. The van der Waals surface area contributed by atoms with E-state index in [1.165, 1.54) is 17.7 Å². The van der Waals surface area contributed by atoms with Gasteiger partial charge in [0, 0.05) is 5.41 Å². The standard InChI is InChI=1S/C28H38O4/c1-24-11-10-20(30)19(29)8-6-7-9-21(24)27(4)16-15-25(2)12-13-26(3,23(31)32)18-22(25)28(27,5)17-14-24/h6-11,22,29H,12-18H2,1-5H3,(H,31,32)/b7-6+,11-10+,19-8+,21-9+/t22-,24-,25-,26-,27-,28+/m1/s1. The number of carbonyl (C=O) groups excluding carboxylic acids is 1. The maximum absolute atomic E-state index is 12.3. The van der Waals surface area contributed by atoms with Gasteiger partial charge in [-0.1, -0.05) is 57.6 Å². The summed E-state index contributed by atoms with van der Waals surface area (Å²) in [7, 11) is 0. The number of hydrogen-bond acceptors (Lipinski definition) is 3. The van der Waals surface area contributed by atoms with Crippen molar-refractivity contribution in [2.75, 3.05) is 0 Å². The maximum atomic E-state index is 12.3. The van der Waals surface area contributed by atoms with Crippen molar-refractivity contribution in [2.24, 2.45) is 33.0 Å². The van der Waals surface area contributed by atoms with Crippen LogP contribution in [0, 0.1) is 33.0 Å². The quantitative estimate of drug-likeness (QED) is 0.486. The van der Waals surface area contributed by atoms with E-state index in [-0.39, 0.29) is 33.2 Å². The van der Waals surface area contributed by atoms with Crippen LogP contribution in [0.1, 0.15) is 79.6 Å². The molecule has 4 aliphatic rings. The summed E-state index contributed by atoms with van der Waals surface area (Å²) in [5, 5.41) is 20.0. The second-order valence-corrected chi connectivity index (χ2v) is 12.2. The molecule has 0 aromatic heterocycles. The molecule has 0 aromatic carbocycles. The minimum absolute atomic E-state index is 0.0176. The van der Waals surface area contributed by atoms with Gasteiger partial charge in [0.05, 0.1) is 5.41 Å². The van der Waals surface area contributed by atoms with Gasteiger partial charge in [-0.2, -0.15) is 0 Å². The summed E-state index contributed by atoms with van der Waals surface area (Å²) in [6, 6.07) is 0. The molecule has 0 saturated heterocycles. The number of fused-ring (bicyclic) bond motifs is 5. The van der Waals surface area contributed by atoms with Gasteiger partial charge < -0.3 is 10.2 Å². The molecule has 2 N–H and O–H groups in total. The number of aliphatic hydroxyl groups excluding tert-OH is 1. The highest BCUT2D eigenvalue weighted by atomic mass is 16.4. The molecule has 0 radical (unpaired) electrons. The largest absolute Gasteiger partial charge is 0.504 e. The van der Waals surface area contributed by atoms with Crippen molar-refractivity contribution in [3.05, 3.63) is 47.8 Å². The van der Waals surface area contributed by atoms with Crippen molar-refractivity contribution in [1.82, 2.24) is 0 Å². The lowest BCUT2D eigenvalue weighted by Crippen LogP contribution is -2.61. The third-order valence-corrected chi connectivity index (χ3v) is 10.3. The van der Waals surface area contributed by atoms with Crippen molar-refractivity contribution in [3.63, 3.8) is 0 Å². The van der Waals surface area contributed by atoms with Crippen LogP contribution >= 0.6 is 0 Å². The zero-order valence-corrected chi connectivity index (χ0v) is 20.2. The first kappa shape index (κ1) is 23.1. The van der Waals surface area contributed by atoms with Gasteiger partial charge in [0.25, 0.3) is 0 Å². The van der Waals surface area contributed by atoms with Crippen LogP contribution in [0.15, 0.2) is 47.8 Å². The summed E-state index contributed by atoms with van der Waals surface area (Å²) < 4.78 is 0. The first-order valence-corrected chi connectivity index (χ1v) is 12.1. The molecular weight excluding hydrogens is 400 g/mol. The molecule has 3 saturated carbocycles. The van der Waals surface area contributed by atoms with Gasteiger partial charge in [-0.25, -0.2) is 0 Å². The van der Waals surface area contributed by atoms with Crippen molar-refractivity contribution in [1.29, 1.82) is 0 Å². The monoisotopic (exact) mass is 438 g/mol. The molecule has 4 aliphatic carbocycles. The summed E-state index contributed by atoms with van der Waals surface area (Å²) in [5.41, 5.74) is 0.456. The van der Waals surface area contributed by atoms with Crippen molar-refractivity contribution in [2.45, 2.75) is 79.6 Å². The second kappa shape index (κ2) is 7.20. The lowest BCUT2D eigenvalue weighted by molar-refractivity contribution is -0.178. The molecule has 0 unspecified atom stereocenters. The molecule has 0 bridgehead atoms. The van der Waals surface area contributed by atoms with Crippen molar-refractivity contribution >= 4 is 11.8 Å². The van der Waals surface area contributed by atoms with E-state index in [0.717, 1.165) is 44.9 Å². The van der Waals surface area contributed by atoms with Gasteiger partial charge >= 0.3 is 5.97 Å². The smallest absolute Gasteiger partial charge is 0.309 e. The van der Waals surface area contributed by atoms with E-state index in [2.05, 4.69) is 33.8 Å². The van der Waals surface area contributed by atoms with Crippen LogP contribution < -0.4 is 0 Å². The normalized spacial score (nSPS) is 51.5. The van der Waals surface area contributed by atoms with E-state index in [0.29, 0.717) is 5.92 Å². The molecule has 0 spiro atoms. The van der Waals surface area contributed by atoms with Crippen molar-refractivity contribution in [3.8, 4) is 0 Å². The Labute approximate surface area is 192 Å². The molecule has 3 fully saturated rings. The number of hydrogen-bond donors (Lipinski definition) is 2. The fourth-order valence-corrected chi connectivity index (χ4v) is 7.68. The molecule has 174 valence electrons. The van der Waals surface area contributed by atoms with E-state index < -0.39 is 11.4 Å². The molecule has 4 heteroatoms. The number of carboxylic acids is 1. The second-order valence-electron chi connectivity index (χ2n) is 12.2. The first-order chi connectivity index (χ1) is 14.8. The SMILES string of the molecule is C[C@@]1(C(=O)O)CC[C@]2(C)CC[C@]3(C)/C4=C/C=C/C=C(/O)C(=O)/C=C/[C@]4(C)CC[C@@]3(C)[C@@H]2C1. The molecule has 0 aliphatic heterocycles. The summed E-state index contributed by atoms with van der Waals surface area (Å²) >= 11 is 0. The molecule has 32 heavy (non-hydrogen) atoms. The van der Waals surface area contributed by atoms with Crippen LogP contribution in [0.3, 0.4) is 0 Å². The van der Waals surface area contributed by atoms with Crippen LogP contribution in [0.2, 0.25) is 0 Å². The van der Waals surface area contributed by atoms with Gasteiger partial charge in [0.15, 0.2) is 5.76 Å². The average molecular weight is 439 g/mol. The van der Waals surface area contributed by atoms with Crippen LogP contribution in [-0.4, -0.2) is 22.0 Å². The van der Waals surface area contributed by atoms with E-state index in [1.54, 1.807) is 6.08 Å². The van der Waals surface area contributed by atoms with Gasteiger partial charge in [0.2, 0.25) is 5.78 Å². The molecular formula is C28H38O4. The summed E-state index contributed by atoms with van der Waals surface area (Å²) in [6.07, 6.45) is 17.4. The van der Waals surface area contributed by atoms with E-state index in [4.69, 9.17) is 0 Å². The number of allylic oxidation sites excluding steroid dienone is 7.